The van der Waals surface area contributed by atoms with Crippen molar-refractivity contribution in [1.82, 2.24) is 25.6 Å². The van der Waals surface area contributed by atoms with Gasteiger partial charge in [-0.15, -0.1) is 0 Å². The molecule has 1 fully saturated rings. The second kappa shape index (κ2) is 12.9. The van der Waals surface area contributed by atoms with E-state index in [1.807, 2.05) is 6.07 Å². The summed E-state index contributed by atoms with van der Waals surface area (Å²) in [6, 6.07) is 7.16. The summed E-state index contributed by atoms with van der Waals surface area (Å²) >= 11 is 4.16. The van der Waals surface area contributed by atoms with Crippen LogP contribution in [0.5, 0.6) is 11.5 Å². The van der Waals surface area contributed by atoms with E-state index in [4.69, 9.17) is 19.8 Å². The van der Waals surface area contributed by atoms with Crippen molar-refractivity contribution in [3.05, 3.63) is 44.3 Å². The second-order valence-corrected chi connectivity index (χ2v) is 13.2. The van der Waals surface area contributed by atoms with Gasteiger partial charge in [0.25, 0.3) is 0 Å². The summed E-state index contributed by atoms with van der Waals surface area (Å²) in [5.41, 5.74) is 8.35. The largest absolute Gasteiger partial charge is 0.454 e. The first-order chi connectivity index (χ1) is 22.0. The third-order valence-electron chi connectivity index (χ3n) is 8.02. The minimum atomic E-state index is -0.486. The van der Waals surface area contributed by atoms with E-state index in [0.717, 1.165) is 89.8 Å². The number of aromatic nitrogens is 4. The van der Waals surface area contributed by atoms with Gasteiger partial charge in [0, 0.05) is 27.6 Å². The van der Waals surface area contributed by atoms with Crippen LogP contribution in [0.3, 0.4) is 0 Å². The summed E-state index contributed by atoms with van der Waals surface area (Å²) in [5, 5.41) is 25.7. The molecule has 0 saturated carbocycles. The normalized spacial score (nSPS) is 17.5. The summed E-state index contributed by atoms with van der Waals surface area (Å²) in [6.07, 6.45) is 6.98. The molecule has 2 aromatic heterocycles. The molecule has 3 aliphatic heterocycles. The summed E-state index contributed by atoms with van der Waals surface area (Å²) in [4.78, 5) is 25.3. The van der Waals surface area contributed by atoms with E-state index in [1.54, 1.807) is 24.2 Å². The van der Waals surface area contributed by atoms with Gasteiger partial charge in [0.2, 0.25) is 12.3 Å². The first-order valence-corrected chi connectivity index (χ1v) is 16.7. The maximum atomic E-state index is 11.2. The van der Waals surface area contributed by atoms with Crippen molar-refractivity contribution in [2.24, 2.45) is 0 Å². The van der Waals surface area contributed by atoms with Crippen molar-refractivity contribution in [3.63, 3.8) is 0 Å². The minimum absolute atomic E-state index is 0.113. The quantitative estimate of drug-likeness (QED) is 0.0505. The highest BCUT2D eigenvalue weighted by atomic mass is 127. The van der Waals surface area contributed by atoms with E-state index in [2.05, 4.69) is 69.4 Å². The standard InChI is InChI=1S/C28H31IN10O5S/c29-16-12-19-20(43-15-42-19)13-21(16)45-28-27-37(26-24(38(27)28)25(30)33-14-34-26)11-5-9-31-8-3-1-2-4-10-32-17-6-7-18(39(40)41)23-22(17)35-44-36-23/h6-7,12-14,27-28,31-32H,1-5,8-11,15H2,(H2,30,33,34). The number of ether oxygens (including phenoxy) is 2. The fourth-order valence-electron chi connectivity index (χ4n) is 5.80. The van der Waals surface area contributed by atoms with Gasteiger partial charge in [-0.05, 0) is 83.5 Å². The Bertz CT molecular complexity index is 1730. The van der Waals surface area contributed by atoms with Crippen molar-refractivity contribution in [1.29, 1.82) is 0 Å². The number of nitrogens with two attached hydrogens (primary N) is 1. The summed E-state index contributed by atoms with van der Waals surface area (Å²) < 4.78 is 17.0. The molecule has 2 unspecified atom stereocenters. The molecule has 0 bridgehead atoms. The number of thioether (sulfide) groups is 1. The van der Waals surface area contributed by atoms with Gasteiger partial charge in [-0.1, -0.05) is 24.6 Å². The molecule has 45 heavy (non-hydrogen) atoms. The Labute approximate surface area is 275 Å². The number of nitro benzene ring substituents is 1. The molecule has 5 heterocycles. The Morgan fingerprint density at radius 2 is 1.82 bits per heavy atom. The number of anilines is 4. The van der Waals surface area contributed by atoms with E-state index in [0.29, 0.717) is 17.0 Å². The first-order valence-electron chi connectivity index (χ1n) is 14.8. The molecule has 2 atom stereocenters. The topological polar surface area (TPSA) is 183 Å². The number of rotatable bonds is 15. The van der Waals surface area contributed by atoms with Gasteiger partial charge in [0.1, 0.15) is 23.6 Å². The monoisotopic (exact) mass is 746 g/mol. The van der Waals surface area contributed by atoms with Crippen LogP contribution < -0.4 is 35.6 Å². The van der Waals surface area contributed by atoms with E-state index in [1.165, 1.54) is 6.07 Å². The molecule has 0 spiro atoms. The van der Waals surface area contributed by atoms with Crippen LogP contribution in [0.2, 0.25) is 0 Å². The van der Waals surface area contributed by atoms with Gasteiger partial charge in [-0.3, -0.25) is 10.1 Å². The van der Waals surface area contributed by atoms with E-state index in [9.17, 15) is 10.1 Å². The van der Waals surface area contributed by atoms with E-state index >= 15 is 0 Å². The number of nitrogens with one attached hydrogen (secondary N) is 2. The zero-order chi connectivity index (χ0) is 30.9. The first kappa shape index (κ1) is 29.8. The van der Waals surface area contributed by atoms with Crippen LogP contribution in [-0.4, -0.2) is 69.7 Å². The van der Waals surface area contributed by atoms with Crippen LogP contribution in [-0.2, 0) is 0 Å². The van der Waals surface area contributed by atoms with Crippen LogP contribution >= 0.6 is 34.4 Å². The lowest BCUT2D eigenvalue weighted by Crippen LogP contribution is -2.30. The van der Waals surface area contributed by atoms with Gasteiger partial charge in [-0.2, -0.15) is 0 Å². The molecule has 1 saturated heterocycles. The summed E-state index contributed by atoms with van der Waals surface area (Å²) in [5.74, 6) is 3.00. The number of nitrogens with zero attached hydrogens (tertiary/aromatic N) is 7. The van der Waals surface area contributed by atoms with Crippen LogP contribution in [0.25, 0.3) is 11.0 Å². The molecule has 17 heteroatoms. The van der Waals surface area contributed by atoms with Gasteiger partial charge in [0.05, 0.1) is 10.6 Å². The average Bonchev–Trinajstić information content (AvgIpc) is 3.40. The van der Waals surface area contributed by atoms with Crippen molar-refractivity contribution in [2.45, 2.75) is 48.5 Å². The van der Waals surface area contributed by atoms with Crippen molar-refractivity contribution in [3.8, 4) is 11.5 Å². The molecule has 0 radical (unpaired) electrons. The van der Waals surface area contributed by atoms with Gasteiger partial charge in [0.15, 0.2) is 28.7 Å². The number of fused-ring (bicyclic) bond motifs is 5. The Morgan fingerprint density at radius 1 is 1.04 bits per heavy atom. The van der Waals surface area contributed by atoms with E-state index < -0.39 is 4.92 Å². The number of benzene rings is 2. The summed E-state index contributed by atoms with van der Waals surface area (Å²) in [6.45, 7) is 3.75. The number of unbranched alkanes of at least 4 members (excludes halogenated alkanes) is 3. The maximum absolute atomic E-state index is 11.2. The molecule has 2 aromatic carbocycles. The van der Waals surface area contributed by atoms with Crippen LogP contribution in [0.1, 0.15) is 32.1 Å². The zero-order valence-electron chi connectivity index (χ0n) is 24.1. The molecule has 4 aromatic rings. The lowest BCUT2D eigenvalue weighted by atomic mass is 10.2. The molecule has 0 aliphatic carbocycles. The third kappa shape index (κ3) is 5.95. The van der Waals surface area contributed by atoms with Gasteiger partial charge >= 0.3 is 5.69 Å². The average molecular weight is 747 g/mol. The minimum Gasteiger partial charge on any atom is -0.454 e. The number of hydrogen-bond acceptors (Lipinski definition) is 15. The fraction of sp³-hybridized carbons (Fsp3) is 0.429. The Balaban J connectivity index is 0.824. The van der Waals surface area contributed by atoms with Gasteiger partial charge in [-0.25, -0.2) is 14.6 Å². The fourth-order valence-corrected chi connectivity index (χ4v) is 7.90. The number of non-ortho nitro benzene ring substituents is 1. The predicted molar refractivity (Wildman–Crippen MR) is 178 cm³/mol. The van der Waals surface area contributed by atoms with Crippen molar-refractivity contribution < 1.29 is 19.0 Å². The maximum Gasteiger partial charge on any atom is 0.300 e. The van der Waals surface area contributed by atoms with Crippen LogP contribution in [0.15, 0.2) is 40.1 Å². The second-order valence-electron chi connectivity index (χ2n) is 10.9. The highest BCUT2D eigenvalue weighted by molar-refractivity contribution is 14.1. The van der Waals surface area contributed by atoms with E-state index in [-0.39, 0.29) is 29.5 Å². The lowest BCUT2D eigenvalue weighted by Gasteiger charge is -2.21. The van der Waals surface area contributed by atoms with Crippen molar-refractivity contribution in [2.75, 3.05) is 53.8 Å². The molecular formula is C28H31IN10O5S. The van der Waals surface area contributed by atoms with Crippen LogP contribution in [0.4, 0.5) is 28.7 Å². The van der Waals surface area contributed by atoms with Gasteiger partial charge < -0.3 is 35.6 Å². The third-order valence-corrected chi connectivity index (χ3v) is 10.6. The molecule has 7 rings (SSSR count). The van der Waals surface area contributed by atoms with Crippen LogP contribution in [0, 0.1) is 13.7 Å². The highest BCUT2D eigenvalue weighted by Gasteiger charge is 2.60. The molecule has 0 amide bonds. The Hall–Kier alpha value is -3.84. The molecule has 236 valence electrons. The molecule has 3 aliphatic rings. The summed E-state index contributed by atoms with van der Waals surface area (Å²) in [7, 11) is 0. The zero-order valence-corrected chi connectivity index (χ0v) is 27.1. The molecule has 15 nitrogen and oxygen atoms in total. The lowest BCUT2D eigenvalue weighted by molar-refractivity contribution is -0.383. The Kier molecular flexibility index (Phi) is 8.54. The predicted octanol–water partition coefficient (Wildman–Crippen LogP) is 4.57. The number of halogens is 1. The number of nitro groups is 1. The van der Waals surface area contributed by atoms with Crippen molar-refractivity contribution >= 4 is 74.1 Å². The smallest absolute Gasteiger partial charge is 0.300 e. The SMILES string of the molecule is Nc1ncnc2c1N1C(Sc3cc4c(cc3I)OCO4)C1N2CCCNCCCCCCNc1ccc([N+](=O)[O-])c2nonc12. The number of nitrogen functional groups attached to an aromatic ring is 1. The Morgan fingerprint density at radius 3 is 2.67 bits per heavy atom. The molecular weight excluding hydrogens is 715 g/mol. The number of hydrogen-bond donors (Lipinski definition) is 3. The highest BCUT2D eigenvalue weighted by Crippen LogP contribution is 2.58. The molecule has 4 N–H and O–H groups in total.